The molecule has 1 aliphatic rings. The van der Waals surface area contributed by atoms with E-state index < -0.39 is 0 Å². The summed E-state index contributed by atoms with van der Waals surface area (Å²) in [7, 11) is 0. The molecule has 0 saturated carbocycles. The molecule has 5 heteroatoms. The summed E-state index contributed by atoms with van der Waals surface area (Å²) in [6.07, 6.45) is 3.27. The van der Waals surface area contributed by atoms with Crippen LogP contribution in [-0.2, 0) is 4.74 Å². The highest BCUT2D eigenvalue weighted by atomic mass is 35.5. The smallest absolute Gasteiger partial charge is 0.149 e. The number of hydrogen-bond donors (Lipinski definition) is 0. The molecule has 82 valence electrons. The van der Waals surface area contributed by atoms with Crippen LogP contribution in [0.25, 0.3) is 0 Å². The van der Waals surface area contributed by atoms with Gasteiger partial charge in [0.05, 0.1) is 24.6 Å². The first-order valence-electron chi connectivity index (χ1n) is 4.93. The summed E-state index contributed by atoms with van der Waals surface area (Å²) < 4.78 is 5.62. The van der Waals surface area contributed by atoms with Crippen LogP contribution in [-0.4, -0.2) is 35.3 Å². The zero-order chi connectivity index (χ0) is 10.9. The molecule has 15 heavy (non-hydrogen) atoms. The summed E-state index contributed by atoms with van der Waals surface area (Å²) in [5, 5.41) is 0.428. The van der Waals surface area contributed by atoms with Gasteiger partial charge in [0.25, 0.3) is 0 Å². The summed E-state index contributed by atoms with van der Waals surface area (Å²) >= 11 is 5.80. The van der Waals surface area contributed by atoms with E-state index in [4.69, 9.17) is 16.3 Å². The van der Waals surface area contributed by atoms with Gasteiger partial charge in [-0.3, -0.25) is 4.98 Å². The standard InChI is InChI=1S/C10H14ClN3O/c1-10(2)7-14(3-4-15-10)9-6-12-5-8(11)13-9/h5-6H,3-4,7H2,1-2H3. The second kappa shape index (κ2) is 3.94. The SMILES string of the molecule is CC1(C)CN(c2cncc(Cl)n2)CCO1. The van der Waals surface area contributed by atoms with Gasteiger partial charge in [0.1, 0.15) is 11.0 Å². The number of morpholine rings is 1. The van der Waals surface area contributed by atoms with E-state index in [0.29, 0.717) is 11.8 Å². The molecule has 0 amide bonds. The molecule has 0 bridgehead atoms. The van der Waals surface area contributed by atoms with Crippen molar-refractivity contribution in [2.75, 3.05) is 24.6 Å². The number of aromatic nitrogens is 2. The molecule has 0 aliphatic carbocycles. The van der Waals surface area contributed by atoms with E-state index in [2.05, 4.69) is 28.7 Å². The normalized spacial score (nSPS) is 20.3. The Hall–Kier alpha value is -0.870. The van der Waals surface area contributed by atoms with Gasteiger partial charge in [-0.1, -0.05) is 11.6 Å². The number of hydrogen-bond acceptors (Lipinski definition) is 4. The van der Waals surface area contributed by atoms with Crippen LogP contribution in [0.4, 0.5) is 5.82 Å². The minimum Gasteiger partial charge on any atom is -0.372 e. The summed E-state index contributed by atoms with van der Waals surface area (Å²) in [4.78, 5) is 10.4. The zero-order valence-corrected chi connectivity index (χ0v) is 9.66. The fraction of sp³-hybridized carbons (Fsp3) is 0.600. The molecular formula is C10H14ClN3O. The van der Waals surface area contributed by atoms with Crippen molar-refractivity contribution in [3.8, 4) is 0 Å². The Morgan fingerprint density at radius 3 is 2.93 bits per heavy atom. The van der Waals surface area contributed by atoms with Crippen LogP contribution in [0.1, 0.15) is 13.8 Å². The van der Waals surface area contributed by atoms with E-state index >= 15 is 0 Å². The lowest BCUT2D eigenvalue weighted by atomic mass is 10.1. The number of halogens is 1. The Morgan fingerprint density at radius 2 is 2.27 bits per heavy atom. The first-order valence-corrected chi connectivity index (χ1v) is 5.31. The van der Waals surface area contributed by atoms with Crippen molar-refractivity contribution in [1.82, 2.24) is 9.97 Å². The van der Waals surface area contributed by atoms with Crippen LogP contribution in [0.5, 0.6) is 0 Å². The van der Waals surface area contributed by atoms with Gasteiger partial charge in [-0.15, -0.1) is 0 Å². The van der Waals surface area contributed by atoms with Crippen molar-refractivity contribution in [1.29, 1.82) is 0 Å². The molecule has 2 heterocycles. The van der Waals surface area contributed by atoms with Crippen LogP contribution in [0, 0.1) is 0 Å². The van der Waals surface area contributed by atoms with Crippen molar-refractivity contribution in [3.05, 3.63) is 17.5 Å². The summed E-state index contributed by atoms with van der Waals surface area (Å²) in [5.41, 5.74) is -0.137. The molecule has 4 nitrogen and oxygen atoms in total. The molecular weight excluding hydrogens is 214 g/mol. The molecule has 1 aromatic rings. The van der Waals surface area contributed by atoms with Crippen molar-refractivity contribution >= 4 is 17.4 Å². The second-order valence-corrected chi connectivity index (χ2v) is 4.62. The minimum absolute atomic E-state index is 0.137. The van der Waals surface area contributed by atoms with Crippen molar-refractivity contribution in [2.24, 2.45) is 0 Å². The van der Waals surface area contributed by atoms with Crippen LogP contribution >= 0.6 is 11.6 Å². The van der Waals surface area contributed by atoms with Gasteiger partial charge in [0, 0.05) is 13.1 Å². The second-order valence-electron chi connectivity index (χ2n) is 4.23. The largest absolute Gasteiger partial charge is 0.372 e. The molecule has 0 atom stereocenters. The average Bonchev–Trinajstić information content (AvgIpc) is 2.16. The van der Waals surface area contributed by atoms with Gasteiger partial charge in [0.15, 0.2) is 0 Å². The van der Waals surface area contributed by atoms with Gasteiger partial charge >= 0.3 is 0 Å². The quantitative estimate of drug-likeness (QED) is 0.733. The number of rotatable bonds is 1. The van der Waals surface area contributed by atoms with E-state index in [0.717, 1.165) is 18.9 Å². The Balaban J connectivity index is 2.17. The monoisotopic (exact) mass is 227 g/mol. The molecule has 0 aromatic carbocycles. The summed E-state index contributed by atoms with van der Waals surface area (Å²) in [6.45, 7) is 6.48. The molecule has 1 saturated heterocycles. The zero-order valence-electron chi connectivity index (χ0n) is 8.90. The highest BCUT2D eigenvalue weighted by Crippen LogP contribution is 2.21. The predicted molar refractivity (Wildman–Crippen MR) is 59.3 cm³/mol. The topological polar surface area (TPSA) is 38.2 Å². The Labute approximate surface area is 94.2 Å². The lowest BCUT2D eigenvalue weighted by Gasteiger charge is -2.38. The van der Waals surface area contributed by atoms with E-state index in [1.165, 1.54) is 6.20 Å². The summed E-state index contributed by atoms with van der Waals surface area (Å²) in [6, 6.07) is 0. The van der Waals surface area contributed by atoms with Gasteiger partial charge < -0.3 is 9.64 Å². The first kappa shape index (κ1) is 10.6. The predicted octanol–water partition coefficient (Wildman–Crippen LogP) is 1.75. The fourth-order valence-electron chi connectivity index (χ4n) is 1.70. The third kappa shape index (κ3) is 2.58. The Morgan fingerprint density at radius 1 is 1.47 bits per heavy atom. The molecule has 1 aliphatic heterocycles. The number of anilines is 1. The van der Waals surface area contributed by atoms with Gasteiger partial charge in [-0.2, -0.15) is 0 Å². The summed E-state index contributed by atoms with van der Waals surface area (Å²) in [5.74, 6) is 0.818. The number of ether oxygens (including phenoxy) is 1. The van der Waals surface area contributed by atoms with E-state index in [1.54, 1.807) is 6.20 Å². The lowest BCUT2D eigenvalue weighted by Crippen LogP contribution is -2.48. The molecule has 0 radical (unpaired) electrons. The molecule has 0 unspecified atom stereocenters. The third-order valence-electron chi connectivity index (χ3n) is 2.34. The lowest BCUT2D eigenvalue weighted by molar-refractivity contribution is -0.0279. The van der Waals surface area contributed by atoms with E-state index in [1.807, 2.05) is 0 Å². The van der Waals surface area contributed by atoms with Crippen LogP contribution in [0.3, 0.4) is 0 Å². The minimum atomic E-state index is -0.137. The van der Waals surface area contributed by atoms with Crippen molar-refractivity contribution in [2.45, 2.75) is 19.4 Å². The molecule has 2 rings (SSSR count). The Kier molecular flexibility index (Phi) is 2.80. The van der Waals surface area contributed by atoms with Crippen molar-refractivity contribution in [3.63, 3.8) is 0 Å². The van der Waals surface area contributed by atoms with E-state index in [9.17, 15) is 0 Å². The first-order chi connectivity index (χ1) is 7.07. The number of nitrogens with zero attached hydrogens (tertiary/aromatic N) is 3. The van der Waals surface area contributed by atoms with Crippen molar-refractivity contribution < 1.29 is 4.74 Å². The fourth-order valence-corrected chi connectivity index (χ4v) is 1.84. The average molecular weight is 228 g/mol. The Bertz CT molecular complexity index is 356. The maximum Gasteiger partial charge on any atom is 0.149 e. The van der Waals surface area contributed by atoms with Gasteiger partial charge in [-0.05, 0) is 13.8 Å². The van der Waals surface area contributed by atoms with Crippen LogP contribution in [0.2, 0.25) is 5.15 Å². The van der Waals surface area contributed by atoms with Gasteiger partial charge in [-0.25, -0.2) is 4.98 Å². The van der Waals surface area contributed by atoms with E-state index in [-0.39, 0.29) is 5.60 Å². The molecule has 1 fully saturated rings. The maximum absolute atomic E-state index is 5.80. The van der Waals surface area contributed by atoms with Gasteiger partial charge in [0.2, 0.25) is 0 Å². The molecule has 0 N–H and O–H groups in total. The third-order valence-corrected chi connectivity index (χ3v) is 2.52. The highest BCUT2D eigenvalue weighted by molar-refractivity contribution is 6.29. The molecule has 1 aromatic heterocycles. The van der Waals surface area contributed by atoms with Crippen LogP contribution < -0.4 is 4.90 Å². The van der Waals surface area contributed by atoms with Crippen LogP contribution in [0.15, 0.2) is 12.4 Å². The maximum atomic E-state index is 5.80. The highest BCUT2D eigenvalue weighted by Gasteiger charge is 2.27. The molecule has 0 spiro atoms.